The van der Waals surface area contributed by atoms with Crippen LogP contribution in [0, 0.1) is 23.7 Å². The molecule has 0 heterocycles. The van der Waals surface area contributed by atoms with E-state index in [2.05, 4.69) is 95.7 Å². The molecule has 0 spiro atoms. The third kappa shape index (κ3) is 8.68. The molecule has 3 aliphatic carbocycles. The van der Waals surface area contributed by atoms with Crippen LogP contribution in [0.2, 0.25) is 0 Å². The first-order valence-corrected chi connectivity index (χ1v) is 19.1. The lowest BCUT2D eigenvalue weighted by atomic mass is 9.79. The predicted octanol–water partition coefficient (Wildman–Crippen LogP) is 8.26. The fourth-order valence-corrected chi connectivity index (χ4v) is 9.69. The zero-order valence-electron chi connectivity index (χ0n) is 26.9. The average molecular weight is 742 g/mol. The molecule has 7 nitrogen and oxygen atoms in total. The van der Waals surface area contributed by atoms with Crippen molar-refractivity contribution in [3.05, 3.63) is 91.0 Å². The van der Waals surface area contributed by atoms with Crippen molar-refractivity contribution in [2.45, 2.75) is 89.7 Å². The van der Waals surface area contributed by atoms with Gasteiger partial charge in [0.05, 0.1) is 22.7 Å². The van der Waals surface area contributed by atoms with Gasteiger partial charge in [0.1, 0.15) is 6.10 Å². The van der Waals surface area contributed by atoms with Gasteiger partial charge in [0.25, 0.3) is 6.10 Å². The Morgan fingerprint density at radius 3 is 1.50 bits per heavy atom. The second-order valence-electron chi connectivity index (χ2n) is 12.7. The summed E-state index contributed by atoms with van der Waals surface area (Å²) in [4.78, 5) is 29.3. The Kier molecular flexibility index (Phi) is 11.9. The van der Waals surface area contributed by atoms with Gasteiger partial charge in [-0.1, -0.05) is 61.0 Å². The van der Waals surface area contributed by atoms with Gasteiger partial charge in [0, 0.05) is 0 Å². The molecule has 14 heteroatoms. The van der Waals surface area contributed by atoms with Gasteiger partial charge in [-0.05, 0) is 93.2 Å². The van der Waals surface area contributed by atoms with Gasteiger partial charge in [-0.25, -0.2) is 0 Å². The molecule has 0 aliphatic heterocycles. The molecule has 50 heavy (non-hydrogen) atoms. The quantitative estimate of drug-likeness (QED) is 0.102. The van der Waals surface area contributed by atoms with Crippen molar-refractivity contribution < 1.29 is 54.0 Å². The molecule has 270 valence electrons. The molecule has 2 bridgehead atoms. The third-order valence-electron chi connectivity index (χ3n) is 9.41. The summed E-state index contributed by atoms with van der Waals surface area (Å²) in [6.07, 6.45) is -5.59. The Morgan fingerprint density at radius 2 is 1.10 bits per heavy atom. The number of carbonyl (C=O) groups is 2. The zero-order valence-corrected chi connectivity index (χ0v) is 28.5. The number of hydrogen-bond donors (Lipinski definition) is 1. The number of fused-ring (bicyclic) bond motifs is 2. The minimum absolute atomic E-state index is 0.0146. The SMILES string of the molecule is O=C(OC1CCCCC1)C1C2CCC(C2)C1C(=O)OC(C(F)(F)F)C(F)(F)S(=O)(=O)O.c1ccc([S+](c2ccccc2)c2ccccc2)cc1. The fraction of sp³-hybridized carbons (Fsp3) is 0.444. The van der Waals surface area contributed by atoms with Crippen molar-refractivity contribution in [2.24, 2.45) is 23.7 Å². The van der Waals surface area contributed by atoms with Crippen LogP contribution in [-0.2, 0) is 40.1 Å². The molecule has 0 saturated heterocycles. The molecule has 5 atom stereocenters. The van der Waals surface area contributed by atoms with Gasteiger partial charge in [-0.3, -0.25) is 14.1 Å². The number of esters is 2. The molecule has 3 aromatic rings. The number of benzene rings is 3. The van der Waals surface area contributed by atoms with E-state index in [4.69, 9.17) is 9.29 Å². The lowest BCUT2D eigenvalue weighted by Crippen LogP contribution is -2.53. The van der Waals surface area contributed by atoms with Crippen LogP contribution in [0.5, 0.6) is 0 Å². The minimum atomic E-state index is -6.54. The van der Waals surface area contributed by atoms with E-state index in [9.17, 15) is 40.0 Å². The predicted molar refractivity (Wildman–Crippen MR) is 175 cm³/mol. The minimum Gasteiger partial charge on any atom is -0.462 e. The van der Waals surface area contributed by atoms with Gasteiger partial charge in [0.15, 0.2) is 14.7 Å². The highest BCUT2D eigenvalue weighted by Gasteiger charge is 2.67. The van der Waals surface area contributed by atoms with E-state index in [1.54, 1.807) is 0 Å². The van der Waals surface area contributed by atoms with Gasteiger partial charge in [-0.15, -0.1) is 0 Å². The Bertz CT molecular complexity index is 1590. The average Bonchev–Trinajstić information content (AvgIpc) is 3.71. The topological polar surface area (TPSA) is 107 Å². The summed E-state index contributed by atoms with van der Waals surface area (Å²) in [5, 5.41) is -5.81. The van der Waals surface area contributed by atoms with E-state index in [1.165, 1.54) is 14.7 Å². The van der Waals surface area contributed by atoms with Crippen molar-refractivity contribution in [3.8, 4) is 0 Å². The second kappa shape index (κ2) is 15.8. The second-order valence-corrected chi connectivity index (χ2v) is 16.2. The maximum Gasteiger partial charge on any atom is 0.432 e. The van der Waals surface area contributed by atoms with Crippen LogP contribution < -0.4 is 0 Å². The molecule has 0 aromatic heterocycles. The Hall–Kier alpha value is -3.49. The maximum absolute atomic E-state index is 13.8. The lowest BCUT2D eigenvalue weighted by molar-refractivity contribution is -0.261. The number of halogens is 5. The van der Waals surface area contributed by atoms with Gasteiger partial charge in [-0.2, -0.15) is 30.4 Å². The smallest absolute Gasteiger partial charge is 0.432 e. The molecule has 3 aromatic carbocycles. The first-order valence-electron chi connectivity index (χ1n) is 16.4. The van der Waals surface area contributed by atoms with E-state index >= 15 is 0 Å². The highest BCUT2D eigenvalue weighted by atomic mass is 32.2. The largest absolute Gasteiger partial charge is 0.462 e. The van der Waals surface area contributed by atoms with Crippen LogP contribution in [-0.4, -0.2) is 48.5 Å². The molecule has 3 saturated carbocycles. The lowest BCUT2D eigenvalue weighted by Gasteiger charge is -2.32. The van der Waals surface area contributed by atoms with Gasteiger partial charge >= 0.3 is 33.5 Å². The Morgan fingerprint density at radius 1 is 0.680 bits per heavy atom. The van der Waals surface area contributed by atoms with Crippen LogP contribution in [0.15, 0.2) is 106 Å². The molecular weight excluding hydrogens is 704 g/mol. The van der Waals surface area contributed by atoms with E-state index in [0.717, 1.165) is 19.3 Å². The molecule has 3 aliphatic rings. The number of carbonyl (C=O) groups excluding carboxylic acids is 2. The van der Waals surface area contributed by atoms with Crippen LogP contribution >= 0.6 is 0 Å². The van der Waals surface area contributed by atoms with Crippen LogP contribution in [0.4, 0.5) is 22.0 Å². The normalized spacial score (nSPS) is 23.1. The van der Waals surface area contributed by atoms with Crippen LogP contribution in [0.3, 0.4) is 0 Å². The standard InChI is InChI=1S/C18H23F5O7S.C18H15S/c19-17(20,21)16(18(22,23)31(26,27)28)30-15(25)13-10-7-6-9(8-10)12(13)14(24)29-11-4-2-1-3-5-11;1-4-10-16(11-5-1)19(17-12-6-2-7-13-17)18-14-8-3-9-15-18/h9-13,16H,1-8H2,(H,26,27,28);1-15H/q;+1. The van der Waals surface area contributed by atoms with E-state index < -0.39 is 57.3 Å². The molecule has 3 fully saturated rings. The van der Waals surface area contributed by atoms with Crippen molar-refractivity contribution in [1.82, 2.24) is 0 Å². The molecule has 0 amide bonds. The summed E-state index contributed by atoms with van der Waals surface area (Å²) in [7, 11) is -6.55. The number of ether oxygens (including phenoxy) is 2. The van der Waals surface area contributed by atoms with Crippen molar-refractivity contribution >= 4 is 33.0 Å². The first kappa shape index (κ1) is 37.8. The third-order valence-corrected chi connectivity index (χ3v) is 12.5. The summed E-state index contributed by atoms with van der Waals surface area (Å²) in [5.74, 6) is -6.02. The summed E-state index contributed by atoms with van der Waals surface area (Å²) in [6.45, 7) is 0. The highest BCUT2D eigenvalue weighted by molar-refractivity contribution is 7.97. The zero-order chi connectivity index (χ0) is 36.1. The Balaban J connectivity index is 0.000000217. The highest BCUT2D eigenvalue weighted by Crippen LogP contribution is 2.54. The number of alkyl halides is 5. The first-order chi connectivity index (χ1) is 23.7. The summed E-state index contributed by atoms with van der Waals surface area (Å²) < 4.78 is 106. The van der Waals surface area contributed by atoms with Crippen molar-refractivity contribution in [2.75, 3.05) is 0 Å². The molecule has 0 radical (unpaired) electrons. The molecular formula is C36H38F5O7S2+. The molecule has 6 rings (SSSR count). The van der Waals surface area contributed by atoms with E-state index in [0.29, 0.717) is 32.1 Å². The number of rotatable bonds is 9. The molecule has 1 N–H and O–H groups in total. The maximum atomic E-state index is 13.8. The molecule has 5 unspecified atom stereocenters. The van der Waals surface area contributed by atoms with E-state index in [1.807, 2.05) is 0 Å². The van der Waals surface area contributed by atoms with Crippen LogP contribution in [0.25, 0.3) is 0 Å². The van der Waals surface area contributed by atoms with Crippen LogP contribution in [0.1, 0.15) is 51.4 Å². The fourth-order valence-electron chi connectivity index (χ4n) is 7.13. The van der Waals surface area contributed by atoms with E-state index in [-0.39, 0.29) is 22.9 Å². The summed E-state index contributed by atoms with van der Waals surface area (Å²) in [5.41, 5.74) is 0. The monoisotopic (exact) mass is 741 g/mol. The van der Waals surface area contributed by atoms with Crippen molar-refractivity contribution in [1.29, 1.82) is 0 Å². The van der Waals surface area contributed by atoms with Gasteiger partial charge in [0.2, 0.25) is 0 Å². The summed E-state index contributed by atoms with van der Waals surface area (Å²) >= 11 is 0. The Labute approximate surface area is 290 Å². The number of hydrogen-bond acceptors (Lipinski definition) is 6. The summed E-state index contributed by atoms with van der Waals surface area (Å²) in [6, 6.07) is 32.2. The van der Waals surface area contributed by atoms with Crippen molar-refractivity contribution in [3.63, 3.8) is 0 Å². The van der Waals surface area contributed by atoms with Gasteiger partial charge < -0.3 is 9.47 Å².